The third-order valence-corrected chi connectivity index (χ3v) is 3.27. The Hall–Kier alpha value is -1.05. The molecule has 1 aliphatic carbocycles. The summed E-state index contributed by atoms with van der Waals surface area (Å²) in [5.41, 5.74) is 1.11. The second-order valence-corrected chi connectivity index (χ2v) is 4.51. The summed E-state index contributed by atoms with van der Waals surface area (Å²) in [4.78, 5) is 2.23. The molecule has 0 aliphatic heterocycles. The highest BCUT2D eigenvalue weighted by atomic mass is 19.1. The molecule has 2 rings (SSSR count). The van der Waals surface area contributed by atoms with E-state index in [-0.39, 0.29) is 5.82 Å². The molecule has 1 aliphatic rings. The first kappa shape index (κ1) is 10.5. The molecule has 0 unspecified atom stereocenters. The van der Waals surface area contributed by atoms with Crippen LogP contribution in [-0.4, -0.2) is 13.6 Å². The maximum atomic E-state index is 12.7. The smallest absolute Gasteiger partial charge is 0.123 e. The molecule has 0 radical (unpaired) electrons. The van der Waals surface area contributed by atoms with Gasteiger partial charge in [0.05, 0.1) is 0 Å². The van der Waals surface area contributed by atoms with Gasteiger partial charge < -0.3 is 4.90 Å². The molecule has 82 valence electrons. The van der Waals surface area contributed by atoms with Gasteiger partial charge in [-0.15, -0.1) is 0 Å². The van der Waals surface area contributed by atoms with E-state index in [9.17, 15) is 4.39 Å². The summed E-state index contributed by atoms with van der Waals surface area (Å²) in [6.45, 7) is 1.10. The molecule has 0 saturated heterocycles. The predicted molar refractivity (Wildman–Crippen MR) is 61.6 cm³/mol. The molecule has 1 aromatic rings. The molecular weight excluding hydrogens is 189 g/mol. The van der Waals surface area contributed by atoms with Gasteiger partial charge in [0.2, 0.25) is 0 Å². The van der Waals surface area contributed by atoms with E-state index < -0.39 is 0 Å². The highest BCUT2D eigenvalue weighted by Crippen LogP contribution is 2.26. The third kappa shape index (κ3) is 2.71. The summed E-state index contributed by atoms with van der Waals surface area (Å²) in [7, 11) is 2.09. The second-order valence-electron chi connectivity index (χ2n) is 4.51. The lowest BCUT2D eigenvalue weighted by molar-refractivity contribution is 0.547. The van der Waals surface area contributed by atoms with Crippen LogP contribution in [0.1, 0.15) is 25.7 Å². The zero-order valence-corrected chi connectivity index (χ0v) is 9.25. The molecule has 1 saturated carbocycles. The van der Waals surface area contributed by atoms with Crippen molar-refractivity contribution >= 4 is 5.69 Å². The topological polar surface area (TPSA) is 3.24 Å². The normalized spacial score (nSPS) is 16.9. The minimum Gasteiger partial charge on any atom is -0.374 e. The fourth-order valence-electron chi connectivity index (χ4n) is 2.38. The van der Waals surface area contributed by atoms with Gasteiger partial charge in [0, 0.05) is 19.3 Å². The lowest BCUT2D eigenvalue weighted by Gasteiger charge is -2.22. The van der Waals surface area contributed by atoms with Gasteiger partial charge in [-0.3, -0.25) is 0 Å². The Balaban J connectivity index is 1.94. The molecule has 0 atom stereocenters. The quantitative estimate of drug-likeness (QED) is 0.733. The average molecular weight is 207 g/mol. The zero-order valence-electron chi connectivity index (χ0n) is 9.25. The van der Waals surface area contributed by atoms with Crippen LogP contribution in [0, 0.1) is 11.7 Å². The minimum atomic E-state index is -0.159. The molecule has 0 spiro atoms. The highest BCUT2D eigenvalue weighted by molar-refractivity contribution is 5.45. The summed E-state index contributed by atoms with van der Waals surface area (Å²) < 4.78 is 12.7. The lowest BCUT2D eigenvalue weighted by atomic mass is 10.1. The van der Waals surface area contributed by atoms with Crippen molar-refractivity contribution in [2.45, 2.75) is 25.7 Å². The Morgan fingerprint density at radius 3 is 2.40 bits per heavy atom. The van der Waals surface area contributed by atoms with E-state index in [0.29, 0.717) is 0 Å². The summed E-state index contributed by atoms with van der Waals surface area (Å²) in [6, 6.07) is 6.76. The van der Waals surface area contributed by atoms with Crippen molar-refractivity contribution in [2.75, 3.05) is 18.5 Å². The van der Waals surface area contributed by atoms with E-state index in [0.717, 1.165) is 18.2 Å². The summed E-state index contributed by atoms with van der Waals surface area (Å²) >= 11 is 0. The SMILES string of the molecule is CN(CC1CCCC1)c1ccc(F)cc1. The number of nitrogens with zero attached hydrogens (tertiary/aromatic N) is 1. The van der Waals surface area contributed by atoms with Gasteiger partial charge in [0.25, 0.3) is 0 Å². The zero-order chi connectivity index (χ0) is 10.7. The summed E-state index contributed by atoms with van der Waals surface area (Å²) in [5.74, 6) is 0.674. The van der Waals surface area contributed by atoms with Crippen LogP contribution in [-0.2, 0) is 0 Å². The predicted octanol–water partition coefficient (Wildman–Crippen LogP) is 3.45. The number of anilines is 1. The van der Waals surface area contributed by atoms with Gasteiger partial charge in [-0.05, 0) is 43.0 Å². The molecule has 1 fully saturated rings. The molecule has 0 amide bonds. The van der Waals surface area contributed by atoms with E-state index in [1.165, 1.54) is 37.8 Å². The number of halogens is 1. The van der Waals surface area contributed by atoms with Crippen LogP contribution in [0.4, 0.5) is 10.1 Å². The average Bonchev–Trinajstić information content (AvgIpc) is 2.71. The fraction of sp³-hybridized carbons (Fsp3) is 0.538. The molecule has 2 heteroatoms. The lowest BCUT2D eigenvalue weighted by Crippen LogP contribution is -2.23. The van der Waals surface area contributed by atoms with Crippen LogP contribution < -0.4 is 4.90 Å². The largest absolute Gasteiger partial charge is 0.374 e. The van der Waals surface area contributed by atoms with Gasteiger partial charge in [-0.2, -0.15) is 0 Å². The van der Waals surface area contributed by atoms with Crippen molar-refractivity contribution in [1.29, 1.82) is 0 Å². The number of benzene rings is 1. The van der Waals surface area contributed by atoms with Crippen LogP contribution in [0.25, 0.3) is 0 Å². The van der Waals surface area contributed by atoms with E-state index in [1.807, 2.05) is 12.1 Å². The van der Waals surface area contributed by atoms with Crippen LogP contribution >= 0.6 is 0 Å². The van der Waals surface area contributed by atoms with Crippen LogP contribution in [0.5, 0.6) is 0 Å². The summed E-state index contributed by atoms with van der Waals surface area (Å²) in [5, 5.41) is 0. The third-order valence-electron chi connectivity index (χ3n) is 3.27. The van der Waals surface area contributed by atoms with Crippen LogP contribution in [0.2, 0.25) is 0 Å². The Bertz CT molecular complexity index is 301. The fourth-order valence-corrected chi connectivity index (χ4v) is 2.38. The number of hydrogen-bond donors (Lipinski definition) is 0. The molecule has 0 bridgehead atoms. The number of hydrogen-bond acceptors (Lipinski definition) is 1. The van der Waals surface area contributed by atoms with Gasteiger partial charge in [-0.1, -0.05) is 12.8 Å². The monoisotopic (exact) mass is 207 g/mol. The molecular formula is C13H18FN. The number of rotatable bonds is 3. The van der Waals surface area contributed by atoms with Gasteiger partial charge in [-0.25, -0.2) is 4.39 Å². The minimum absolute atomic E-state index is 0.159. The van der Waals surface area contributed by atoms with Crippen LogP contribution in [0.15, 0.2) is 24.3 Å². The van der Waals surface area contributed by atoms with E-state index in [2.05, 4.69) is 11.9 Å². The first-order chi connectivity index (χ1) is 7.25. The first-order valence-corrected chi connectivity index (χ1v) is 5.72. The van der Waals surface area contributed by atoms with E-state index >= 15 is 0 Å². The molecule has 0 aromatic heterocycles. The highest BCUT2D eigenvalue weighted by Gasteiger charge is 2.16. The second kappa shape index (κ2) is 4.65. The van der Waals surface area contributed by atoms with Crippen molar-refractivity contribution < 1.29 is 4.39 Å². The van der Waals surface area contributed by atoms with E-state index in [4.69, 9.17) is 0 Å². The molecule has 0 N–H and O–H groups in total. The molecule has 1 nitrogen and oxygen atoms in total. The summed E-state index contributed by atoms with van der Waals surface area (Å²) in [6.07, 6.45) is 5.46. The van der Waals surface area contributed by atoms with Crippen molar-refractivity contribution in [3.63, 3.8) is 0 Å². The van der Waals surface area contributed by atoms with Crippen molar-refractivity contribution in [2.24, 2.45) is 5.92 Å². The van der Waals surface area contributed by atoms with Crippen molar-refractivity contribution in [1.82, 2.24) is 0 Å². The first-order valence-electron chi connectivity index (χ1n) is 5.72. The maximum Gasteiger partial charge on any atom is 0.123 e. The Morgan fingerprint density at radius 2 is 1.80 bits per heavy atom. The van der Waals surface area contributed by atoms with Gasteiger partial charge >= 0.3 is 0 Å². The van der Waals surface area contributed by atoms with Gasteiger partial charge in [0.15, 0.2) is 0 Å². The molecule has 15 heavy (non-hydrogen) atoms. The molecule has 1 aromatic carbocycles. The van der Waals surface area contributed by atoms with Crippen molar-refractivity contribution in [3.8, 4) is 0 Å². The Morgan fingerprint density at radius 1 is 1.20 bits per heavy atom. The standard InChI is InChI=1S/C13H18FN/c1-15(10-11-4-2-3-5-11)13-8-6-12(14)7-9-13/h6-9,11H,2-5,10H2,1H3. The maximum absolute atomic E-state index is 12.7. The van der Waals surface area contributed by atoms with Crippen LogP contribution in [0.3, 0.4) is 0 Å². The Labute approximate surface area is 90.9 Å². The van der Waals surface area contributed by atoms with Gasteiger partial charge in [0.1, 0.15) is 5.82 Å². The van der Waals surface area contributed by atoms with Crippen molar-refractivity contribution in [3.05, 3.63) is 30.1 Å². The molecule has 0 heterocycles. The van der Waals surface area contributed by atoms with E-state index in [1.54, 1.807) is 0 Å². The Kier molecular flexibility index (Phi) is 3.24.